The molecule has 0 bridgehead atoms. The summed E-state index contributed by atoms with van der Waals surface area (Å²) in [5.74, 6) is -1.83. The van der Waals surface area contributed by atoms with Gasteiger partial charge in [-0.15, -0.1) is 0 Å². The molecule has 0 spiro atoms. The van der Waals surface area contributed by atoms with Crippen LogP contribution in [0.3, 0.4) is 0 Å². The van der Waals surface area contributed by atoms with Gasteiger partial charge in [-0.3, -0.25) is 9.59 Å². The molecule has 2 aromatic rings. The second-order valence-electron chi connectivity index (χ2n) is 7.15. The van der Waals surface area contributed by atoms with E-state index in [0.717, 1.165) is 12.0 Å². The lowest BCUT2D eigenvalue weighted by Crippen LogP contribution is -2.25. The molecule has 2 atom stereocenters. The van der Waals surface area contributed by atoms with Crippen LogP contribution in [0.2, 0.25) is 0 Å². The smallest absolute Gasteiger partial charge is 0.340 e. The number of H-pyrrole nitrogens is 1. The number of aromatic amines is 1. The Kier molecular flexibility index (Phi) is 7.76. The Hall–Kier alpha value is -2.89. The number of nitrogens with one attached hydrogen (secondary N) is 1. The summed E-state index contributed by atoms with van der Waals surface area (Å²) < 4.78 is 10.5. The van der Waals surface area contributed by atoms with Crippen LogP contribution >= 0.6 is 0 Å². The van der Waals surface area contributed by atoms with E-state index < -0.39 is 30.2 Å². The molecule has 0 radical (unpaired) electrons. The zero-order valence-corrected chi connectivity index (χ0v) is 17.7. The van der Waals surface area contributed by atoms with E-state index in [4.69, 9.17) is 9.47 Å². The normalized spacial score (nSPS) is 12.9. The van der Waals surface area contributed by atoms with Crippen molar-refractivity contribution >= 4 is 17.7 Å². The van der Waals surface area contributed by atoms with Gasteiger partial charge in [0.15, 0.2) is 6.61 Å². The van der Waals surface area contributed by atoms with Crippen LogP contribution in [0, 0.1) is 19.8 Å². The first-order chi connectivity index (χ1) is 13.8. The van der Waals surface area contributed by atoms with Gasteiger partial charge in [0.25, 0.3) is 0 Å². The SMILES string of the molecule is CCOC(=O)c1c(C)[nH]c(C)c1C(=O)COC(=O)[C@H](c1ccccc1)[C@@H](C)CC. The maximum atomic E-state index is 12.8. The molecule has 0 fully saturated rings. The van der Waals surface area contributed by atoms with Crippen molar-refractivity contribution in [2.75, 3.05) is 13.2 Å². The molecule has 0 saturated carbocycles. The number of aryl methyl sites for hydroxylation is 2. The van der Waals surface area contributed by atoms with Crippen molar-refractivity contribution in [2.45, 2.75) is 47.0 Å². The van der Waals surface area contributed by atoms with Crippen LogP contribution < -0.4 is 0 Å². The predicted molar refractivity (Wildman–Crippen MR) is 110 cm³/mol. The summed E-state index contributed by atoms with van der Waals surface area (Å²) in [5, 5.41) is 0. The van der Waals surface area contributed by atoms with E-state index in [0.29, 0.717) is 11.4 Å². The summed E-state index contributed by atoms with van der Waals surface area (Å²) in [6.45, 7) is 8.89. The molecule has 0 saturated heterocycles. The molecular weight excluding hydrogens is 370 g/mol. The van der Waals surface area contributed by atoms with E-state index in [1.54, 1.807) is 20.8 Å². The second-order valence-corrected chi connectivity index (χ2v) is 7.15. The van der Waals surface area contributed by atoms with Crippen LogP contribution in [0.4, 0.5) is 0 Å². The maximum Gasteiger partial charge on any atom is 0.340 e. The third-order valence-electron chi connectivity index (χ3n) is 5.10. The van der Waals surface area contributed by atoms with E-state index in [1.807, 2.05) is 44.2 Å². The zero-order chi connectivity index (χ0) is 21.6. The van der Waals surface area contributed by atoms with Crippen LogP contribution in [0.25, 0.3) is 0 Å². The van der Waals surface area contributed by atoms with E-state index in [-0.39, 0.29) is 23.7 Å². The summed E-state index contributed by atoms with van der Waals surface area (Å²) >= 11 is 0. The average Bonchev–Trinajstić information content (AvgIpc) is 3.01. The molecule has 1 N–H and O–H groups in total. The summed E-state index contributed by atoms with van der Waals surface area (Å²) in [4.78, 5) is 40.9. The van der Waals surface area contributed by atoms with E-state index in [2.05, 4.69) is 4.98 Å². The van der Waals surface area contributed by atoms with Gasteiger partial charge >= 0.3 is 11.9 Å². The highest BCUT2D eigenvalue weighted by atomic mass is 16.5. The number of ether oxygens (including phenoxy) is 2. The van der Waals surface area contributed by atoms with Gasteiger partial charge in [0.1, 0.15) is 0 Å². The first kappa shape index (κ1) is 22.4. The Bertz CT molecular complexity index is 869. The number of hydrogen-bond acceptors (Lipinski definition) is 5. The first-order valence-corrected chi connectivity index (χ1v) is 9.92. The Balaban J connectivity index is 2.20. The number of rotatable bonds is 9. The summed E-state index contributed by atoms with van der Waals surface area (Å²) in [6, 6.07) is 9.41. The van der Waals surface area contributed by atoms with Crippen molar-refractivity contribution < 1.29 is 23.9 Å². The monoisotopic (exact) mass is 399 g/mol. The quantitative estimate of drug-likeness (QED) is 0.500. The standard InChI is InChI=1S/C23H29NO5/c1-6-14(3)19(17-11-9-8-10-12-17)22(26)29-13-18(25)20-15(4)24-16(5)21(20)23(27)28-7-2/h8-12,14,19,24H,6-7,13H2,1-5H3/t14-,19-/m0/s1. The largest absolute Gasteiger partial charge is 0.462 e. The molecule has 0 aliphatic rings. The third-order valence-corrected chi connectivity index (χ3v) is 5.10. The minimum Gasteiger partial charge on any atom is -0.462 e. The molecular formula is C23H29NO5. The van der Waals surface area contributed by atoms with Crippen molar-refractivity contribution in [1.29, 1.82) is 0 Å². The van der Waals surface area contributed by atoms with Crippen LogP contribution in [0.5, 0.6) is 0 Å². The number of benzene rings is 1. The van der Waals surface area contributed by atoms with Crippen LogP contribution in [0.15, 0.2) is 30.3 Å². The van der Waals surface area contributed by atoms with E-state index in [9.17, 15) is 14.4 Å². The molecule has 0 aliphatic carbocycles. The molecule has 0 unspecified atom stereocenters. The van der Waals surface area contributed by atoms with Crippen molar-refractivity contribution in [3.8, 4) is 0 Å². The molecule has 156 valence electrons. The molecule has 1 heterocycles. The molecule has 1 aromatic heterocycles. The van der Waals surface area contributed by atoms with Crippen LogP contribution in [0.1, 0.15) is 70.8 Å². The fraction of sp³-hybridized carbons (Fsp3) is 0.435. The zero-order valence-electron chi connectivity index (χ0n) is 17.7. The number of ketones is 1. The highest BCUT2D eigenvalue weighted by molar-refractivity contribution is 6.09. The highest BCUT2D eigenvalue weighted by Gasteiger charge is 2.30. The Morgan fingerprint density at radius 2 is 1.59 bits per heavy atom. The predicted octanol–water partition coefficient (Wildman–Crippen LogP) is 4.36. The topological polar surface area (TPSA) is 85.5 Å². The molecule has 0 amide bonds. The van der Waals surface area contributed by atoms with Crippen molar-refractivity contribution in [3.63, 3.8) is 0 Å². The maximum absolute atomic E-state index is 12.8. The molecule has 6 nitrogen and oxygen atoms in total. The number of Topliss-reactive ketones (excluding diaryl/α,β-unsaturated/α-hetero) is 1. The fourth-order valence-corrected chi connectivity index (χ4v) is 3.48. The Morgan fingerprint density at radius 3 is 2.17 bits per heavy atom. The molecule has 0 aliphatic heterocycles. The first-order valence-electron chi connectivity index (χ1n) is 9.92. The van der Waals surface area contributed by atoms with Crippen molar-refractivity contribution in [1.82, 2.24) is 4.98 Å². The molecule has 6 heteroatoms. The van der Waals surface area contributed by atoms with Gasteiger partial charge in [-0.05, 0) is 32.3 Å². The van der Waals surface area contributed by atoms with Gasteiger partial charge in [-0.1, -0.05) is 50.6 Å². The number of carbonyl (C=O) groups is 3. The minimum atomic E-state index is -0.564. The van der Waals surface area contributed by atoms with Crippen LogP contribution in [-0.2, 0) is 14.3 Å². The Labute approximate surface area is 171 Å². The van der Waals surface area contributed by atoms with Gasteiger partial charge in [-0.2, -0.15) is 0 Å². The van der Waals surface area contributed by atoms with Gasteiger partial charge in [-0.25, -0.2) is 4.79 Å². The number of carbonyl (C=O) groups excluding carboxylic acids is 3. The second kappa shape index (κ2) is 10.0. The van der Waals surface area contributed by atoms with Crippen LogP contribution in [-0.4, -0.2) is 35.9 Å². The highest BCUT2D eigenvalue weighted by Crippen LogP contribution is 2.28. The minimum absolute atomic E-state index is 0.0614. The van der Waals surface area contributed by atoms with Gasteiger partial charge < -0.3 is 14.5 Å². The molecule has 1 aromatic carbocycles. The summed E-state index contributed by atoms with van der Waals surface area (Å²) in [6.07, 6.45) is 0.797. The molecule has 2 rings (SSSR count). The van der Waals surface area contributed by atoms with E-state index >= 15 is 0 Å². The van der Waals surface area contributed by atoms with Gasteiger partial charge in [0.05, 0.1) is 23.7 Å². The lowest BCUT2D eigenvalue weighted by molar-refractivity contribution is -0.145. The molecule has 29 heavy (non-hydrogen) atoms. The Morgan fingerprint density at radius 1 is 0.966 bits per heavy atom. The summed E-state index contributed by atoms with van der Waals surface area (Å²) in [7, 11) is 0. The number of aromatic nitrogens is 1. The van der Waals surface area contributed by atoms with Crippen molar-refractivity contribution in [2.24, 2.45) is 5.92 Å². The third kappa shape index (κ3) is 5.13. The lowest BCUT2D eigenvalue weighted by Gasteiger charge is -2.21. The fourth-order valence-electron chi connectivity index (χ4n) is 3.48. The van der Waals surface area contributed by atoms with Gasteiger partial charge in [0.2, 0.25) is 5.78 Å². The average molecular weight is 399 g/mol. The van der Waals surface area contributed by atoms with E-state index in [1.165, 1.54) is 0 Å². The van der Waals surface area contributed by atoms with Gasteiger partial charge in [0, 0.05) is 11.4 Å². The number of hydrogen-bond donors (Lipinski definition) is 1. The van der Waals surface area contributed by atoms with Crippen molar-refractivity contribution in [3.05, 3.63) is 58.4 Å². The summed E-state index contributed by atoms with van der Waals surface area (Å²) in [5.41, 5.74) is 2.38. The lowest BCUT2D eigenvalue weighted by atomic mass is 9.85. The number of esters is 2.